The van der Waals surface area contributed by atoms with E-state index < -0.39 is 0 Å². The second-order valence-electron chi connectivity index (χ2n) is 4.77. The Morgan fingerprint density at radius 2 is 1.82 bits per heavy atom. The van der Waals surface area contributed by atoms with Gasteiger partial charge in [-0.25, -0.2) is 9.97 Å². The molecule has 7 nitrogen and oxygen atoms in total. The maximum atomic E-state index is 8.91. The van der Waals surface area contributed by atoms with Crippen LogP contribution in [0.4, 0.5) is 17.5 Å². The van der Waals surface area contributed by atoms with Gasteiger partial charge in [0, 0.05) is 24.6 Å². The summed E-state index contributed by atoms with van der Waals surface area (Å²) in [5.41, 5.74) is 3.18. The molecular weight excluding hydrogens is 280 g/mol. The van der Waals surface area contributed by atoms with Crippen LogP contribution in [-0.4, -0.2) is 38.2 Å². The van der Waals surface area contributed by atoms with Crippen LogP contribution in [0.15, 0.2) is 36.7 Å². The Labute approximate surface area is 127 Å². The predicted octanol–water partition coefficient (Wildman–Crippen LogP) is 1.88. The molecule has 0 unspecified atom stereocenters. The lowest BCUT2D eigenvalue weighted by molar-refractivity contribution is 0.311. The molecule has 0 aliphatic carbocycles. The van der Waals surface area contributed by atoms with Gasteiger partial charge in [-0.15, -0.1) is 0 Å². The van der Waals surface area contributed by atoms with Crippen molar-refractivity contribution >= 4 is 28.6 Å². The van der Waals surface area contributed by atoms with E-state index in [-0.39, 0.29) is 6.61 Å². The number of fused-ring (bicyclic) bond motifs is 1. The smallest absolute Gasteiger partial charge is 0.226 e. The summed E-state index contributed by atoms with van der Waals surface area (Å²) in [4.78, 5) is 17.2. The fraction of sp³-hybridized carbons (Fsp3) is 0.200. The first-order valence-electron chi connectivity index (χ1n) is 6.93. The van der Waals surface area contributed by atoms with Crippen LogP contribution in [0.5, 0.6) is 0 Å². The molecule has 0 saturated heterocycles. The Kier molecular flexibility index (Phi) is 4.06. The summed E-state index contributed by atoms with van der Waals surface area (Å²) in [7, 11) is 0. The Hall–Kier alpha value is -2.80. The highest BCUT2D eigenvalue weighted by molar-refractivity contribution is 5.85. The van der Waals surface area contributed by atoms with Crippen LogP contribution in [0, 0.1) is 6.92 Å². The summed E-state index contributed by atoms with van der Waals surface area (Å²) in [5.74, 6) is 0.971. The van der Waals surface area contributed by atoms with E-state index in [1.54, 1.807) is 12.4 Å². The van der Waals surface area contributed by atoms with E-state index in [0.29, 0.717) is 29.5 Å². The minimum absolute atomic E-state index is 0.00257. The molecule has 3 rings (SSSR count). The number of hydrogen-bond donors (Lipinski definition) is 3. The van der Waals surface area contributed by atoms with Gasteiger partial charge in [-0.2, -0.15) is 9.97 Å². The van der Waals surface area contributed by atoms with Crippen LogP contribution >= 0.6 is 0 Å². The van der Waals surface area contributed by atoms with Gasteiger partial charge in [0.2, 0.25) is 5.95 Å². The van der Waals surface area contributed by atoms with Gasteiger partial charge in [-0.3, -0.25) is 0 Å². The van der Waals surface area contributed by atoms with Crippen LogP contribution in [-0.2, 0) is 0 Å². The predicted molar refractivity (Wildman–Crippen MR) is 85.2 cm³/mol. The highest BCUT2D eigenvalue weighted by Crippen LogP contribution is 2.22. The Morgan fingerprint density at radius 1 is 1.05 bits per heavy atom. The van der Waals surface area contributed by atoms with Crippen molar-refractivity contribution in [1.29, 1.82) is 0 Å². The molecule has 0 radical (unpaired) electrons. The molecule has 112 valence electrons. The van der Waals surface area contributed by atoms with Gasteiger partial charge in [-0.05, 0) is 19.1 Å². The van der Waals surface area contributed by atoms with Crippen molar-refractivity contribution in [3.05, 3.63) is 42.2 Å². The first-order chi connectivity index (χ1) is 10.8. The maximum absolute atomic E-state index is 8.91. The fourth-order valence-electron chi connectivity index (χ4n) is 1.97. The van der Waals surface area contributed by atoms with Crippen LogP contribution < -0.4 is 10.6 Å². The third-order valence-electron chi connectivity index (χ3n) is 3.04. The number of hydrogen-bond acceptors (Lipinski definition) is 7. The van der Waals surface area contributed by atoms with Gasteiger partial charge in [0.1, 0.15) is 0 Å². The van der Waals surface area contributed by atoms with Crippen molar-refractivity contribution in [3.63, 3.8) is 0 Å². The molecule has 0 atom stereocenters. The first-order valence-corrected chi connectivity index (χ1v) is 6.93. The second kappa shape index (κ2) is 6.31. The van der Waals surface area contributed by atoms with E-state index in [0.717, 1.165) is 5.69 Å². The molecule has 2 aromatic heterocycles. The standard InChI is InChI=1S/C15H16N6O/c1-10-2-4-11(5-3-10)19-14-12-13(17-7-6-16-12)20-15(21-14)18-8-9-22/h2-7,22H,8-9H2,1H3,(H2,17,18,19,20,21). The zero-order valence-electron chi connectivity index (χ0n) is 12.1. The van der Waals surface area contributed by atoms with E-state index in [9.17, 15) is 0 Å². The summed E-state index contributed by atoms with van der Waals surface area (Å²) in [6, 6.07) is 7.98. The monoisotopic (exact) mass is 296 g/mol. The van der Waals surface area contributed by atoms with E-state index in [1.165, 1.54) is 5.56 Å². The van der Waals surface area contributed by atoms with E-state index in [1.807, 2.05) is 31.2 Å². The zero-order valence-corrected chi connectivity index (χ0v) is 12.1. The van der Waals surface area contributed by atoms with Crippen molar-refractivity contribution < 1.29 is 5.11 Å². The third kappa shape index (κ3) is 3.09. The SMILES string of the molecule is Cc1ccc(Nc2nc(NCCO)nc3nccnc23)cc1. The lowest BCUT2D eigenvalue weighted by Gasteiger charge is -2.10. The maximum Gasteiger partial charge on any atom is 0.226 e. The minimum atomic E-state index is 0.00257. The zero-order chi connectivity index (χ0) is 15.4. The van der Waals surface area contributed by atoms with E-state index >= 15 is 0 Å². The van der Waals surface area contributed by atoms with Gasteiger partial charge < -0.3 is 15.7 Å². The molecule has 0 bridgehead atoms. The minimum Gasteiger partial charge on any atom is -0.395 e. The van der Waals surface area contributed by atoms with Gasteiger partial charge in [0.25, 0.3) is 0 Å². The summed E-state index contributed by atoms with van der Waals surface area (Å²) in [6.45, 7) is 2.41. The number of aryl methyl sites for hydroxylation is 1. The molecule has 0 aliphatic heterocycles. The Balaban J connectivity index is 2.00. The lowest BCUT2D eigenvalue weighted by Crippen LogP contribution is -2.10. The van der Waals surface area contributed by atoms with Crippen molar-refractivity contribution in [3.8, 4) is 0 Å². The number of aliphatic hydroxyl groups excluding tert-OH is 1. The molecule has 3 aromatic rings. The van der Waals surface area contributed by atoms with E-state index in [4.69, 9.17) is 5.11 Å². The molecule has 2 heterocycles. The summed E-state index contributed by atoms with van der Waals surface area (Å²) in [5, 5.41) is 15.1. The number of aromatic nitrogens is 4. The van der Waals surface area contributed by atoms with Crippen LogP contribution in [0.1, 0.15) is 5.56 Å². The Bertz CT molecular complexity index is 775. The van der Waals surface area contributed by atoms with Crippen LogP contribution in [0.3, 0.4) is 0 Å². The average molecular weight is 296 g/mol. The van der Waals surface area contributed by atoms with Gasteiger partial charge in [0.05, 0.1) is 6.61 Å². The normalized spacial score (nSPS) is 10.6. The highest BCUT2D eigenvalue weighted by atomic mass is 16.3. The first kappa shape index (κ1) is 14.2. The van der Waals surface area contributed by atoms with Gasteiger partial charge in [0.15, 0.2) is 17.0 Å². The van der Waals surface area contributed by atoms with Crippen molar-refractivity contribution in [2.45, 2.75) is 6.92 Å². The Morgan fingerprint density at radius 3 is 2.59 bits per heavy atom. The van der Waals surface area contributed by atoms with Gasteiger partial charge >= 0.3 is 0 Å². The number of rotatable bonds is 5. The molecule has 0 aliphatic rings. The highest BCUT2D eigenvalue weighted by Gasteiger charge is 2.10. The number of anilines is 3. The molecular formula is C15H16N6O. The fourth-order valence-corrected chi connectivity index (χ4v) is 1.97. The summed E-state index contributed by atoms with van der Waals surface area (Å²) >= 11 is 0. The van der Waals surface area contributed by atoms with Crippen LogP contribution in [0.2, 0.25) is 0 Å². The molecule has 0 saturated carbocycles. The van der Waals surface area contributed by atoms with E-state index in [2.05, 4.69) is 30.6 Å². The molecule has 7 heteroatoms. The quantitative estimate of drug-likeness (QED) is 0.661. The topological polar surface area (TPSA) is 95.9 Å². The van der Waals surface area contributed by atoms with Gasteiger partial charge in [-0.1, -0.05) is 17.7 Å². The number of aliphatic hydroxyl groups is 1. The number of nitrogens with zero attached hydrogens (tertiary/aromatic N) is 4. The molecule has 0 fully saturated rings. The van der Waals surface area contributed by atoms with Crippen molar-refractivity contribution in [2.24, 2.45) is 0 Å². The molecule has 0 amide bonds. The molecule has 3 N–H and O–H groups in total. The summed E-state index contributed by atoms with van der Waals surface area (Å²) < 4.78 is 0. The van der Waals surface area contributed by atoms with Crippen molar-refractivity contribution in [2.75, 3.05) is 23.8 Å². The average Bonchev–Trinajstić information content (AvgIpc) is 2.55. The summed E-state index contributed by atoms with van der Waals surface area (Å²) in [6.07, 6.45) is 3.19. The molecule has 0 spiro atoms. The molecule has 22 heavy (non-hydrogen) atoms. The van der Waals surface area contributed by atoms with Crippen LogP contribution in [0.25, 0.3) is 11.2 Å². The molecule has 1 aromatic carbocycles. The van der Waals surface area contributed by atoms with Crippen molar-refractivity contribution in [1.82, 2.24) is 19.9 Å². The largest absolute Gasteiger partial charge is 0.395 e. The third-order valence-corrected chi connectivity index (χ3v) is 3.04. The lowest BCUT2D eigenvalue weighted by atomic mass is 10.2. The number of benzene rings is 1. The number of nitrogens with one attached hydrogen (secondary N) is 2. The second-order valence-corrected chi connectivity index (χ2v) is 4.77.